The number of carboxylic acid groups (broad SMARTS) is 1. The average Bonchev–Trinajstić information content (AvgIpc) is 3.28. The van der Waals surface area contributed by atoms with E-state index in [4.69, 9.17) is 11.6 Å². The molecule has 4 N–H and O–H groups in total. The van der Waals surface area contributed by atoms with Gasteiger partial charge in [0.15, 0.2) is 11.0 Å². The van der Waals surface area contributed by atoms with Crippen molar-refractivity contribution >= 4 is 23.6 Å². The van der Waals surface area contributed by atoms with Crippen LogP contribution in [0.3, 0.4) is 0 Å². The van der Waals surface area contributed by atoms with Crippen LogP contribution in [0.25, 0.3) is 0 Å². The lowest BCUT2D eigenvalue weighted by Crippen LogP contribution is -2.60. The van der Waals surface area contributed by atoms with Crippen LogP contribution < -0.4 is 10.6 Å². The zero-order chi connectivity index (χ0) is 17.3. The molecule has 2 heterocycles. The third kappa shape index (κ3) is 3.81. The van der Waals surface area contributed by atoms with Gasteiger partial charge in [0.1, 0.15) is 0 Å². The van der Waals surface area contributed by atoms with Crippen LogP contribution in [0.5, 0.6) is 0 Å². The zero-order valence-electron chi connectivity index (χ0n) is 13.5. The molecule has 8 nitrogen and oxygen atoms in total. The maximum Gasteiger partial charge on any atom is 0.407 e. The molecule has 1 aliphatic carbocycles. The third-order valence-electron chi connectivity index (χ3n) is 4.52. The van der Waals surface area contributed by atoms with E-state index in [9.17, 15) is 14.7 Å². The summed E-state index contributed by atoms with van der Waals surface area (Å²) in [7, 11) is 0. The first kappa shape index (κ1) is 17.0. The molecule has 0 spiro atoms. The van der Waals surface area contributed by atoms with Gasteiger partial charge in [-0.2, -0.15) is 0 Å². The standard InChI is InChI=1S/C15H22ClN5O3/c1-2-9-12(16)20-13(18-9)14(22)19-10-5-6-21(15(23)24)7-11(10)17-8-3-4-8/h8,10-11,17H,2-7H2,1H3,(H,18,20)(H,19,22)(H,23,24). The number of halogens is 1. The Morgan fingerprint density at radius 3 is 2.71 bits per heavy atom. The topological polar surface area (TPSA) is 110 Å². The summed E-state index contributed by atoms with van der Waals surface area (Å²) >= 11 is 5.99. The van der Waals surface area contributed by atoms with Crippen molar-refractivity contribution in [3.05, 3.63) is 16.7 Å². The third-order valence-corrected chi connectivity index (χ3v) is 4.84. The first-order chi connectivity index (χ1) is 11.5. The van der Waals surface area contributed by atoms with E-state index in [0.29, 0.717) is 37.1 Å². The SMILES string of the molecule is CCc1[nH]c(C(=O)NC2CCN(C(=O)O)CC2NC2CC2)nc1Cl. The molecule has 1 aliphatic heterocycles. The van der Waals surface area contributed by atoms with E-state index in [-0.39, 0.29) is 23.8 Å². The van der Waals surface area contributed by atoms with E-state index < -0.39 is 6.09 Å². The number of hydrogen-bond acceptors (Lipinski definition) is 4. The van der Waals surface area contributed by atoms with E-state index in [0.717, 1.165) is 18.5 Å². The smallest absolute Gasteiger partial charge is 0.407 e. The molecule has 1 saturated carbocycles. The van der Waals surface area contributed by atoms with Gasteiger partial charge in [-0.1, -0.05) is 18.5 Å². The van der Waals surface area contributed by atoms with E-state index in [1.807, 2.05) is 6.92 Å². The normalized spacial score (nSPS) is 24.0. The Hall–Kier alpha value is -1.80. The van der Waals surface area contributed by atoms with E-state index in [1.54, 1.807) is 0 Å². The molecule has 0 radical (unpaired) electrons. The van der Waals surface area contributed by atoms with Crippen LogP contribution in [0.15, 0.2) is 0 Å². The summed E-state index contributed by atoms with van der Waals surface area (Å²) in [5.74, 6) is -0.115. The highest BCUT2D eigenvalue weighted by molar-refractivity contribution is 6.30. The Morgan fingerprint density at radius 1 is 1.38 bits per heavy atom. The molecule has 0 aromatic carbocycles. The summed E-state index contributed by atoms with van der Waals surface area (Å²) in [5, 5.41) is 15.9. The van der Waals surface area contributed by atoms with E-state index >= 15 is 0 Å². The number of piperidine rings is 1. The second-order valence-electron chi connectivity index (χ2n) is 6.35. The molecule has 2 aliphatic rings. The highest BCUT2D eigenvalue weighted by Crippen LogP contribution is 2.22. The number of nitrogens with zero attached hydrogens (tertiary/aromatic N) is 2. The van der Waals surface area contributed by atoms with Crippen molar-refractivity contribution in [3.63, 3.8) is 0 Å². The van der Waals surface area contributed by atoms with Crippen LogP contribution in [0.1, 0.15) is 42.5 Å². The molecular weight excluding hydrogens is 334 g/mol. The largest absolute Gasteiger partial charge is 0.465 e. The number of imidazole rings is 1. The first-order valence-electron chi connectivity index (χ1n) is 8.27. The van der Waals surface area contributed by atoms with Crippen LogP contribution in [0.4, 0.5) is 4.79 Å². The number of carbonyl (C=O) groups excluding carboxylic acids is 1. The van der Waals surface area contributed by atoms with Gasteiger partial charge in [0.25, 0.3) is 5.91 Å². The number of nitrogens with one attached hydrogen (secondary N) is 3. The Balaban J connectivity index is 1.66. The molecule has 2 unspecified atom stereocenters. The van der Waals surface area contributed by atoms with Crippen LogP contribution in [0, 0.1) is 0 Å². The Morgan fingerprint density at radius 2 is 2.12 bits per heavy atom. The lowest BCUT2D eigenvalue weighted by atomic mass is 9.99. The maximum atomic E-state index is 12.4. The van der Waals surface area contributed by atoms with Crippen LogP contribution in [0.2, 0.25) is 5.15 Å². The number of hydrogen-bond donors (Lipinski definition) is 4. The number of carbonyl (C=O) groups is 2. The summed E-state index contributed by atoms with van der Waals surface area (Å²) in [6.45, 7) is 2.70. The minimum atomic E-state index is -0.923. The molecule has 1 aromatic rings. The van der Waals surface area contributed by atoms with Gasteiger partial charge >= 0.3 is 6.09 Å². The van der Waals surface area contributed by atoms with Crippen molar-refractivity contribution in [2.24, 2.45) is 0 Å². The molecule has 2 amide bonds. The van der Waals surface area contributed by atoms with Crippen molar-refractivity contribution in [1.82, 2.24) is 25.5 Å². The summed E-state index contributed by atoms with van der Waals surface area (Å²) < 4.78 is 0. The predicted molar refractivity (Wildman–Crippen MR) is 88.4 cm³/mol. The minimum Gasteiger partial charge on any atom is -0.465 e. The van der Waals surface area contributed by atoms with Gasteiger partial charge in [-0.25, -0.2) is 9.78 Å². The molecule has 0 bridgehead atoms. The molecule has 2 atom stereocenters. The number of aromatic amines is 1. The zero-order valence-corrected chi connectivity index (χ0v) is 14.3. The Kier molecular flexibility index (Phi) is 4.96. The monoisotopic (exact) mass is 355 g/mol. The van der Waals surface area contributed by atoms with Gasteiger partial charge < -0.3 is 25.6 Å². The summed E-state index contributed by atoms with van der Waals surface area (Å²) in [6.07, 6.45) is 2.50. The van der Waals surface area contributed by atoms with Crippen molar-refractivity contribution in [2.45, 2.75) is 50.7 Å². The second-order valence-corrected chi connectivity index (χ2v) is 6.71. The lowest BCUT2D eigenvalue weighted by molar-refractivity contribution is 0.0861. The molecule has 9 heteroatoms. The molecule has 132 valence electrons. The quantitative estimate of drug-likeness (QED) is 0.635. The minimum absolute atomic E-state index is 0.0950. The van der Waals surface area contributed by atoms with Crippen LogP contribution in [-0.2, 0) is 6.42 Å². The fourth-order valence-electron chi connectivity index (χ4n) is 2.99. The predicted octanol–water partition coefficient (Wildman–Crippen LogP) is 1.23. The number of aromatic nitrogens is 2. The van der Waals surface area contributed by atoms with Crippen molar-refractivity contribution in [1.29, 1.82) is 0 Å². The number of rotatable bonds is 5. The number of aryl methyl sites for hydroxylation is 1. The average molecular weight is 356 g/mol. The fraction of sp³-hybridized carbons (Fsp3) is 0.667. The van der Waals surface area contributed by atoms with Gasteiger partial charge in [0, 0.05) is 31.2 Å². The fourth-order valence-corrected chi connectivity index (χ4v) is 3.25. The lowest BCUT2D eigenvalue weighted by Gasteiger charge is -2.38. The van der Waals surface area contributed by atoms with E-state index in [2.05, 4.69) is 20.6 Å². The second kappa shape index (κ2) is 6.98. The van der Waals surface area contributed by atoms with Gasteiger partial charge in [-0.15, -0.1) is 0 Å². The highest BCUT2D eigenvalue weighted by Gasteiger charge is 2.36. The van der Waals surface area contributed by atoms with Crippen LogP contribution >= 0.6 is 11.6 Å². The van der Waals surface area contributed by atoms with Crippen molar-refractivity contribution in [3.8, 4) is 0 Å². The summed E-state index contributed by atoms with van der Waals surface area (Å²) in [4.78, 5) is 32.0. The number of likely N-dealkylation sites (tertiary alicyclic amines) is 1. The molecule has 1 aromatic heterocycles. The number of amides is 2. The number of H-pyrrole nitrogens is 1. The molecular formula is C15H22ClN5O3. The highest BCUT2D eigenvalue weighted by atomic mass is 35.5. The molecule has 1 saturated heterocycles. The molecule has 2 fully saturated rings. The van der Waals surface area contributed by atoms with Gasteiger partial charge in [0.05, 0.1) is 5.69 Å². The Labute approximate surface area is 145 Å². The maximum absolute atomic E-state index is 12.4. The van der Waals surface area contributed by atoms with Gasteiger partial charge in [-0.05, 0) is 25.7 Å². The Bertz CT molecular complexity index is 631. The summed E-state index contributed by atoms with van der Waals surface area (Å²) in [5.41, 5.74) is 0.732. The van der Waals surface area contributed by atoms with Crippen molar-refractivity contribution < 1.29 is 14.7 Å². The van der Waals surface area contributed by atoms with Gasteiger partial charge in [0.2, 0.25) is 0 Å². The van der Waals surface area contributed by atoms with Crippen LogP contribution in [-0.4, -0.2) is 63.2 Å². The van der Waals surface area contributed by atoms with Crippen molar-refractivity contribution in [2.75, 3.05) is 13.1 Å². The molecule has 24 heavy (non-hydrogen) atoms. The van der Waals surface area contributed by atoms with E-state index in [1.165, 1.54) is 4.90 Å². The summed E-state index contributed by atoms with van der Waals surface area (Å²) in [6, 6.07) is 0.193. The molecule has 3 rings (SSSR count). The van der Waals surface area contributed by atoms with Gasteiger partial charge in [-0.3, -0.25) is 4.79 Å². The first-order valence-corrected chi connectivity index (χ1v) is 8.65.